The lowest BCUT2D eigenvalue weighted by Gasteiger charge is -2.23. The zero-order valence-corrected chi connectivity index (χ0v) is 16.1. The number of furan rings is 1. The summed E-state index contributed by atoms with van der Waals surface area (Å²) >= 11 is 0. The van der Waals surface area contributed by atoms with E-state index in [0.29, 0.717) is 17.9 Å². The number of Topliss-reactive ketones (excluding diaryl/α,β-unsaturated/α-hetero) is 1. The van der Waals surface area contributed by atoms with Gasteiger partial charge in [0.15, 0.2) is 0 Å². The molecule has 2 aromatic rings. The summed E-state index contributed by atoms with van der Waals surface area (Å²) in [7, 11) is 0. The van der Waals surface area contributed by atoms with E-state index in [4.69, 9.17) is 4.42 Å². The van der Waals surface area contributed by atoms with Crippen LogP contribution in [0.1, 0.15) is 61.1 Å². The maximum absolute atomic E-state index is 12.8. The first-order valence-electron chi connectivity index (χ1n) is 10.1. The number of hydrogen-bond donors (Lipinski definition) is 1. The fourth-order valence-corrected chi connectivity index (χ4v) is 4.22. The molecule has 5 heteroatoms. The second-order valence-corrected chi connectivity index (χ2v) is 7.55. The molecule has 4 rings (SSSR count). The van der Waals surface area contributed by atoms with Gasteiger partial charge in [-0.1, -0.05) is 25.5 Å². The summed E-state index contributed by atoms with van der Waals surface area (Å²) < 4.78 is 5.54. The topological polar surface area (TPSA) is 70.8 Å². The molecular weight excluding hydrogens is 354 g/mol. The van der Waals surface area contributed by atoms with Crippen LogP contribution in [0, 0.1) is 0 Å². The van der Waals surface area contributed by atoms with Crippen molar-refractivity contribution >= 4 is 17.4 Å². The molecule has 0 bridgehead atoms. The Hall–Kier alpha value is -2.82. The van der Waals surface area contributed by atoms with E-state index >= 15 is 0 Å². The van der Waals surface area contributed by atoms with Crippen LogP contribution in [0.5, 0.6) is 0 Å². The van der Waals surface area contributed by atoms with Gasteiger partial charge in [0.1, 0.15) is 17.6 Å². The third kappa shape index (κ3) is 3.15. The zero-order valence-electron chi connectivity index (χ0n) is 16.1. The first kappa shape index (κ1) is 18.5. The molecule has 1 saturated heterocycles. The van der Waals surface area contributed by atoms with Crippen LogP contribution in [-0.2, 0) is 22.4 Å². The maximum atomic E-state index is 12.8. The Labute approximate surface area is 164 Å². The van der Waals surface area contributed by atoms with Gasteiger partial charge < -0.3 is 14.4 Å². The van der Waals surface area contributed by atoms with Crippen LogP contribution in [0.2, 0.25) is 0 Å². The number of rotatable bonds is 5. The van der Waals surface area contributed by atoms with Crippen molar-refractivity contribution in [1.82, 2.24) is 4.90 Å². The number of likely N-dealkylation sites (tertiary alicyclic amines) is 1. The minimum absolute atomic E-state index is 0.117. The molecule has 0 saturated carbocycles. The van der Waals surface area contributed by atoms with E-state index < -0.39 is 17.7 Å². The van der Waals surface area contributed by atoms with Gasteiger partial charge in [0, 0.05) is 12.1 Å². The van der Waals surface area contributed by atoms with Crippen LogP contribution in [0.4, 0.5) is 0 Å². The van der Waals surface area contributed by atoms with Crippen LogP contribution in [0.15, 0.2) is 46.6 Å². The Kier molecular flexibility index (Phi) is 5.07. The van der Waals surface area contributed by atoms with E-state index in [9.17, 15) is 14.7 Å². The number of aryl methyl sites for hydroxylation is 2. The van der Waals surface area contributed by atoms with Crippen LogP contribution >= 0.6 is 0 Å². The number of carbonyl (C=O) groups excluding carboxylic acids is 2. The number of ketones is 1. The maximum Gasteiger partial charge on any atom is 0.295 e. The smallest absolute Gasteiger partial charge is 0.295 e. The van der Waals surface area contributed by atoms with Crippen molar-refractivity contribution in [2.24, 2.45) is 0 Å². The monoisotopic (exact) mass is 379 g/mol. The van der Waals surface area contributed by atoms with Crippen molar-refractivity contribution in [2.45, 2.75) is 51.5 Å². The number of hydrogen-bond acceptors (Lipinski definition) is 4. The quantitative estimate of drug-likeness (QED) is 0.475. The molecule has 2 aliphatic rings. The van der Waals surface area contributed by atoms with Gasteiger partial charge in [-0.3, -0.25) is 9.59 Å². The normalized spacial score (nSPS) is 21.2. The number of fused-ring (bicyclic) bond motifs is 1. The van der Waals surface area contributed by atoms with Crippen molar-refractivity contribution in [3.05, 3.63) is 64.6 Å². The molecule has 28 heavy (non-hydrogen) atoms. The summed E-state index contributed by atoms with van der Waals surface area (Å²) in [4.78, 5) is 27.0. The third-order valence-corrected chi connectivity index (χ3v) is 5.73. The summed E-state index contributed by atoms with van der Waals surface area (Å²) in [6.07, 6.45) is 7.54. The van der Waals surface area contributed by atoms with Crippen molar-refractivity contribution in [1.29, 1.82) is 0 Å². The minimum Gasteiger partial charge on any atom is -0.507 e. The fourth-order valence-electron chi connectivity index (χ4n) is 4.22. The SMILES string of the molecule is CCCCN1C(=O)C(=O)/C(=C(\O)c2ccc3c(c2)CCCC3)C1c1ccco1. The highest BCUT2D eigenvalue weighted by molar-refractivity contribution is 6.46. The molecule has 0 radical (unpaired) electrons. The van der Waals surface area contributed by atoms with Crippen LogP contribution in [-0.4, -0.2) is 28.2 Å². The number of aliphatic hydroxyl groups excluding tert-OH is 1. The molecule has 1 unspecified atom stereocenters. The lowest BCUT2D eigenvalue weighted by molar-refractivity contribution is -0.140. The summed E-state index contributed by atoms with van der Waals surface area (Å²) in [5, 5.41) is 11.1. The average molecular weight is 379 g/mol. The molecule has 1 aromatic heterocycles. The summed E-state index contributed by atoms with van der Waals surface area (Å²) in [6.45, 7) is 2.49. The van der Waals surface area contributed by atoms with Crippen LogP contribution < -0.4 is 0 Å². The van der Waals surface area contributed by atoms with E-state index in [1.807, 2.05) is 25.1 Å². The zero-order chi connectivity index (χ0) is 19.7. The van der Waals surface area contributed by atoms with Gasteiger partial charge in [-0.25, -0.2) is 0 Å². The Morgan fingerprint density at radius 3 is 2.68 bits per heavy atom. The van der Waals surface area contributed by atoms with Gasteiger partial charge in [-0.05, 0) is 61.4 Å². The standard InChI is InChI=1S/C23H25NO4/c1-2-3-12-24-20(18-9-6-13-28-18)19(22(26)23(24)27)21(25)17-11-10-15-7-4-5-8-16(15)14-17/h6,9-11,13-14,20,25H,2-5,7-8,12H2,1H3/b21-19-. The molecule has 1 amide bonds. The Balaban J connectivity index is 1.80. The predicted octanol–water partition coefficient (Wildman–Crippen LogP) is 4.38. The molecule has 1 aromatic carbocycles. The van der Waals surface area contributed by atoms with Gasteiger partial charge in [0.25, 0.3) is 11.7 Å². The Bertz CT molecular complexity index is 926. The third-order valence-electron chi connectivity index (χ3n) is 5.73. The highest BCUT2D eigenvalue weighted by atomic mass is 16.3. The fraction of sp³-hybridized carbons (Fsp3) is 0.391. The molecule has 1 aliphatic heterocycles. The molecule has 1 atom stereocenters. The van der Waals surface area contributed by atoms with Crippen LogP contribution in [0.3, 0.4) is 0 Å². The molecule has 5 nitrogen and oxygen atoms in total. The Morgan fingerprint density at radius 2 is 1.96 bits per heavy atom. The minimum atomic E-state index is -0.683. The van der Waals surface area contributed by atoms with Crippen molar-refractivity contribution in [2.75, 3.05) is 6.54 Å². The van der Waals surface area contributed by atoms with Crippen molar-refractivity contribution in [3.63, 3.8) is 0 Å². The molecule has 1 N–H and O–H groups in total. The summed E-state index contributed by atoms with van der Waals surface area (Å²) in [5.74, 6) is -0.844. The van der Waals surface area contributed by atoms with E-state index in [0.717, 1.165) is 32.1 Å². The molecule has 1 aliphatic carbocycles. The summed E-state index contributed by atoms with van der Waals surface area (Å²) in [6, 6.07) is 8.63. The second-order valence-electron chi connectivity index (χ2n) is 7.55. The van der Waals surface area contributed by atoms with Crippen LogP contribution in [0.25, 0.3) is 5.76 Å². The highest BCUT2D eigenvalue weighted by Crippen LogP contribution is 2.40. The molecule has 0 spiro atoms. The van der Waals surface area contributed by atoms with Gasteiger partial charge >= 0.3 is 0 Å². The van der Waals surface area contributed by atoms with Gasteiger partial charge in [0.2, 0.25) is 0 Å². The number of unbranched alkanes of at least 4 members (excludes halogenated alkanes) is 1. The predicted molar refractivity (Wildman–Crippen MR) is 106 cm³/mol. The van der Waals surface area contributed by atoms with E-state index in [1.54, 1.807) is 12.1 Å². The molecule has 146 valence electrons. The lowest BCUT2D eigenvalue weighted by Crippen LogP contribution is -2.30. The lowest BCUT2D eigenvalue weighted by atomic mass is 9.89. The molecule has 2 heterocycles. The molecule has 1 fully saturated rings. The molecular formula is C23H25NO4. The number of benzene rings is 1. The average Bonchev–Trinajstić information content (AvgIpc) is 3.33. The Morgan fingerprint density at radius 1 is 1.18 bits per heavy atom. The number of amides is 1. The van der Waals surface area contributed by atoms with E-state index in [1.165, 1.54) is 28.7 Å². The van der Waals surface area contributed by atoms with Gasteiger partial charge in [-0.15, -0.1) is 0 Å². The number of nitrogens with zero attached hydrogens (tertiary/aromatic N) is 1. The van der Waals surface area contributed by atoms with Gasteiger partial charge in [-0.2, -0.15) is 0 Å². The largest absolute Gasteiger partial charge is 0.507 e. The van der Waals surface area contributed by atoms with Gasteiger partial charge in [0.05, 0.1) is 11.8 Å². The number of aliphatic hydroxyl groups is 1. The first-order valence-corrected chi connectivity index (χ1v) is 10.1. The van der Waals surface area contributed by atoms with Crippen molar-refractivity contribution in [3.8, 4) is 0 Å². The van der Waals surface area contributed by atoms with Crippen molar-refractivity contribution < 1.29 is 19.1 Å². The first-order chi connectivity index (χ1) is 13.6. The summed E-state index contributed by atoms with van der Waals surface area (Å²) in [5.41, 5.74) is 3.22. The number of carbonyl (C=O) groups is 2. The van der Waals surface area contributed by atoms with E-state index in [-0.39, 0.29) is 11.3 Å². The second kappa shape index (κ2) is 7.66. The highest BCUT2D eigenvalue weighted by Gasteiger charge is 2.47. The van der Waals surface area contributed by atoms with E-state index in [2.05, 4.69) is 0 Å².